The fourth-order valence-corrected chi connectivity index (χ4v) is 1.34. The average Bonchev–Trinajstić information content (AvgIpc) is 2.16. The molecular formula is C8H3Cl2NO3. The average molecular weight is 232 g/mol. The van der Waals surface area contributed by atoms with Gasteiger partial charge in [-0.2, -0.15) is 0 Å². The van der Waals surface area contributed by atoms with E-state index in [0.29, 0.717) is 0 Å². The third kappa shape index (κ3) is 1.97. The second kappa shape index (κ2) is 4.30. The minimum absolute atomic E-state index is 0.122. The summed E-state index contributed by atoms with van der Waals surface area (Å²) in [5.74, 6) is 0. The molecule has 0 amide bonds. The quantitative estimate of drug-likeness (QED) is 0.594. The lowest BCUT2D eigenvalue weighted by atomic mass is 10.1. The Hall–Kier alpha value is -1.26. The molecule has 0 aliphatic carbocycles. The van der Waals surface area contributed by atoms with Crippen LogP contribution in [0.15, 0.2) is 23.4 Å². The fraction of sp³-hybridized carbons (Fsp3) is 0. The maximum absolute atomic E-state index is 10.9. The van der Waals surface area contributed by atoms with Gasteiger partial charge in [0, 0.05) is 5.56 Å². The maximum Gasteiger partial charge on any atom is 0.255 e. The molecule has 0 radical (unpaired) electrons. The monoisotopic (exact) mass is 231 g/mol. The van der Waals surface area contributed by atoms with Crippen LogP contribution in [0, 0.1) is 4.91 Å². The van der Waals surface area contributed by atoms with Crippen molar-refractivity contribution in [3.05, 3.63) is 34.2 Å². The van der Waals surface area contributed by atoms with Gasteiger partial charge in [-0.05, 0) is 40.5 Å². The molecule has 0 bridgehead atoms. The van der Waals surface area contributed by atoms with Crippen molar-refractivity contribution >= 4 is 39.4 Å². The minimum atomic E-state index is -0.941. The first-order valence-corrected chi connectivity index (χ1v) is 4.19. The summed E-state index contributed by atoms with van der Waals surface area (Å²) in [4.78, 5) is 32.0. The van der Waals surface area contributed by atoms with Crippen molar-refractivity contribution in [2.45, 2.75) is 0 Å². The first kappa shape index (κ1) is 10.8. The summed E-state index contributed by atoms with van der Waals surface area (Å²) in [6, 6.07) is 3.95. The molecule has 0 saturated carbocycles. The Morgan fingerprint density at radius 2 is 1.79 bits per heavy atom. The molecule has 0 heterocycles. The smallest absolute Gasteiger partial charge is 0.255 e. The molecule has 1 aromatic rings. The maximum atomic E-state index is 10.9. The highest BCUT2D eigenvalue weighted by Gasteiger charge is 2.18. The van der Waals surface area contributed by atoms with Crippen molar-refractivity contribution in [1.82, 2.24) is 0 Å². The first-order chi connectivity index (χ1) is 6.57. The van der Waals surface area contributed by atoms with Gasteiger partial charge in [0.1, 0.15) is 5.69 Å². The number of benzene rings is 1. The molecule has 0 aliphatic rings. The molecule has 1 aromatic carbocycles. The van der Waals surface area contributed by atoms with Crippen molar-refractivity contribution in [2.75, 3.05) is 0 Å². The fourth-order valence-electron chi connectivity index (χ4n) is 0.987. The summed E-state index contributed by atoms with van der Waals surface area (Å²) in [5.41, 5.74) is -0.579. The van der Waals surface area contributed by atoms with E-state index in [1.165, 1.54) is 18.2 Å². The Morgan fingerprint density at radius 3 is 2.21 bits per heavy atom. The molecule has 0 spiro atoms. The summed E-state index contributed by atoms with van der Waals surface area (Å²) in [5, 5.41) is 0.767. The van der Waals surface area contributed by atoms with Crippen LogP contribution >= 0.6 is 23.2 Å². The van der Waals surface area contributed by atoms with Crippen LogP contribution in [0.25, 0.3) is 0 Å². The van der Waals surface area contributed by atoms with E-state index in [1.807, 2.05) is 0 Å². The SMILES string of the molecule is O=Nc1cccc(C(=O)Cl)c1C(=O)Cl. The molecule has 0 fully saturated rings. The van der Waals surface area contributed by atoms with Crippen LogP contribution in [0.1, 0.15) is 20.7 Å². The Morgan fingerprint density at radius 1 is 1.14 bits per heavy atom. The van der Waals surface area contributed by atoms with Gasteiger partial charge in [0.05, 0.1) is 5.56 Å². The number of carbonyl (C=O) groups excluding carboxylic acids is 2. The van der Waals surface area contributed by atoms with Gasteiger partial charge in [0.2, 0.25) is 0 Å². The lowest BCUT2D eigenvalue weighted by Crippen LogP contribution is -2.00. The highest BCUT2D eigenvalue weighted by molar-refractivity contribution is 6.72. The van der Waals surface area contributed by atoms with E-state index in [-0.39, 0.29) is 16.8 Å². The van der Waals surface area contributed by atoms with E-state index in [0.717, 1.165) is 0 Å². The van der Waals surface area contributed by atoms with Crippen LogP contribution < -0.4 is 0 Å². The predicted molar refractivity (Wildman–Crippen MR) is 52.3 cm³/mol. The predicted octanol–water partition coefficient (Wildman–Crippen LogP) is 2.84. The van der Waals surface area contributed by atoms with E-state index >= 15 is 0 Å². The van der Waals surface area contributed by atoms with E-state index in [9.17, 15) is 14.5 Å². The molecule has 14 heavy (non-hydrogen) atoms. The molecule has 0 saturated heterocycles. The highest BCUT2D eigenvalue weighted by atomic mass is 35.5. The number of carbonyl (C=O) groups is 2. The zero-order valence-corrected chi connectivity index (χ0v) is 8.17. The summed E-state index contributed by atoms with van der Waals surface area (Å²) >= 11 is 10.4. The molecule has 1 rings (SSSR count). The lowest BCUT2D eigenvalue weighted by Gasteiger charge is -2.01. The minimum Gasteiger partial charge on any atom is -0.276 e. The van der Waals surface area contributed by atoms with Crippen molar-refractivity contribution in [3.8, 4) is 0 Å². The van der Waals surface area contributed by atoms with Crippen LogP contribution in [0.2, 0.25) is 0 Å². The molecule has 6 heteroatoms. The highest BCUT2D eigenvalue weighted by Crippen LogP contribution is 2.25. The summed E-state index contributed by atoms with van der Waals surface area (Å²) in [7, 11) is 0. The summed E-state index contributed by atoms with van der Waals surface area (Å²) in [6.07, 6.45) is 0. The van der Waals surface area contributed by atoms with Crippen LogP contribution in [0.5, 0.6) is 0 Å². The van der Waals surface area contributed by atoms with E-state index in [4.69, 9.17) is 23.2 Å². The number of rotatable bonds is 3. The molecule has 0 N–H and O–H groups in total. The largest absolute Gasteiger partial charge is 0.276 e. The van der Waals surface area contributed by atoms with Gasteiger partial charge in [0.25, 0.3) is 10.5 Å². The summed E-state index contributed by atoms with van der Waals surface area (Å²) < 4.78 is 0. The molecule has 0 unspecified atom stereocenters. The number of nitrogens with zero attached hydrogens (tertiary/aromatic N) is 1. The molecular weight excluding hydrogens is 229 g/mol. The number of hydrogen-bond donors (Lipinski definition) is 0. The number of nitroso groups, excluding NO2 is 1. The second-order valence-electron chi connectivity index (χ2n) is 2.34. The third-order valence-corrected chi connectivity index (χ3v) is 1.94. The topological polar surface area (TPSA) is 63.6 Å². The van der Waals surface area contributed by atoms with Crippen molar-refractivity contribution in [3.63, 3.8) is 0 Å². The van der Waals surface area contributed by atoms with Gasteiger partial charge in [-0.3, -0.25) is 9.59 Å². The Kier molecular flexibility index (Phi) is 3.33. The molecule has 0 aliphatic heterocycles. The second-order valence-corrected chi connectivity index (χ2v) is 3.02. The Balaban J connectivity index is 3.51. The molecule has 0 atom stereocenters. The van der Waals surface area contributed by atoms with Crippen LogP contribution in [0.4, 0.5) is 5.69 Å². The van der Waals surface area contributed by atoms with Crippen molar-refractivity contribution in [1.29, 1.82) is 0 Å². The first-order valence-electron chi connectivity index (χ1n) is 3.44. The van der Waals surface area contributed by atoms with Gasteiger partial charge in [-0.25, -0.2) is 0 Å². The third-order valence-electron chi connectivity index (χ3n) is 1.55. The number of halogens is 2. The Labute approximate surface area is 88.8 Å². The molecule has 4 nitrogen and oxygen atoms in total. The lowest BCUT2D eigenvalue weighted by molar-refractivity contribution is 0.105. The number of hydrogen-bond acceptors (Lipinski definition) is 4. The normalized spacial score (nSPS) is 9.57. The van der Waals surface area contributed by atoms with Crippen LogP contribution in [-0.2, 0) is 0 Å². The van der Waals surface area contributed by atoms with Gasteiger partial charge in [-0.1, -0.05) is 6.07 Å². The van der Waals surface area contributed by atoms with Gasteiger partial charge in [0.15, 0.2) is 0 Å². The summed E-state index contributed by atoms with van der Waals surface area (Å²) in [6.45, 7) is 0. The zero-order chi connectivity index (χ0) is 10.7. The molecule has 0 aromatic heterocycles. The van der Waals surface area contributed by atoms with Gasteiger partial charge < -0.3 is 0 Å². The van der Waals surface area contributed by atoms with Gasteiger partial charge >= 0.3 is 0 Å². The van der Waals surface area contributed by atoms with Crippen LogP contribution in [0.3, 0.4) is 0 Å². The zero-order valence-electron chi connectivity index (χ0n) is 6.66. The Bertz CT molecular complexity index is 417. The standard InChI is InChI=1S/C8H3Cl2NO3/c9-7(12)4-2-1-3-5(11-14)6(4)8(10)13/h1-3H. The molecule has 72 valence electrons. The van der Waals surface area contributed by atoms with Crippen molar-refractivity contribution in [2.24, 2.45) is 5.18 Å². The van der Waals surface area contributed by atoms with Crippen LogP contribution in [-0.4, -0.2) is 10.5 Å². The van der Waals surface area contributed by atoms with Crippen molar-refractivity contribution < 1.29 is 9.59 Å². The van der Waals surface area contributed by atoms with E-state index in [2.05, 4.69) is 5.18 Å². The van der Waals surface area contributed by atoms with Gasteiger partial charge in [-0.15, -0.1) is 4.91 Å². The van der Waals surface area contributed by atoms with E-state index in [1.54, 1.807) is 0 Å². The van der Waals surface area contributed by atoms with E-state index < -0.39 is 10.5 Å².